The Labute approximate surface area is 166 Å². The number of methoxy groups -OCH3 is 2. The minimum absolute atomic E-state index is 0.0218. The van der Waals surface area contributed by atoms with Gasteiger partial charge in [0.15, 0.2) is 6.10 Å². The molecule has 0 bridgehead atoms. The van der Waals surface area contributed by atoms with Gasteiger partial charge in [-0.3, -0.25) is 9.59 Å². The van der Waals surface area contributed by atoms with Crippen LogP contribution in [-0.2, 0) is 14.3 Å². The van der Waals surface area contributed by atoms with Gasteiger partial charge in [0.1, 0.15) is 11.5 Å². The zero-order valence-electron chi connectivity index (χ0n) is 15.4. The first-order chi connectivity index (χ1) is 12.9. The van der Waals surface area contributed by atoms with E-state index < -0.39 is 18.1 Å². The molecule has 0 spiro atoms. The van der Waals surface area contributed by atoms with Crippen LogP contribution in [0.5, 0.6) is 11.5 Å². The van der Waals surface area contributed by atoms with Crippen molar-refractivity contribution < 1.29 is 23.8 Å². The maximum atomic E-state index is 12.6. The SMILES string of the molecule is COC(=O)CC(NC(=O)C(C)Oc1ccc(OC)cc1)c1cccc(Br)c1. The Balaban J connectivity index is 2.07. The van der Waals surface area contributed by atoms with Crippen molar-refractivity contribution >= 4 is 27.8 Å². The van der Waals surface area contributed by atoms with Crippen LogP contribution in [0.15, 0.2) is 53.0 Å². The van der Waals surface area contributed by atoms with E-state index in [1.165, 1.54) is 7.11 Å². The number of benzene rings is 2. The van der Waals surface area contributed by atoms with Crippen molar-refractivity contribution in [1.29, 1.82) is 0 Å². The molecule has 0 saturated heterocycles. The Kier molecular flexibility index (Phi) is 7.67. The molecule has 2 rings (SSSR count). The molecule has 0 fully saturated rings. The van der Waals surface area contributed by atoms with E-state index in [0.29, 0.717) is 11.5 Å². The molecular formula is C20H22BrNO5. The third kappa shape index (κ3) is 6.29. The molecule has 0 heterocycles. The van der Waals surface area contributed by atoms with Crippen molar-refractivity contribution in [2.75, 3.05) is 14.2 Å². The second-order valence-electron chi connectivity index (χ2n) is 5.83. The average molecular weight is 436 g/mol. The van der Waals surface area contributed by atoms with Gasteiger partial charge in [-0.2, -0.15) is 0 Å². The van der Waals surface area contributed by atoms with E-state index in [4.69, 9.17) is 14.2 Å². The molecule has 1 amide bonds. The standard InChI is InChI=1S/C20H22BrNO5/c1-13(27-17-9-7-16(25-2)8-10-17)20(24)22-18(12-19(23)26-3)14-5-4-6-15(21)11-14/h4-11,13,18H,12H2,1-3H3,(H,22,24). The van der Waals surface area contributed by atoms with E-state index in [1.807, 2.05) is 24.3 Å². The number of ether oxygens (including phenoxy) is 3. The lowest BCUT2D eigenvalue weighted by molar-refractivity contribution is -0.141. The van der Waals surface area contributed by atoms with Crippen LogP contribution in [0, 0.1) is 0 Å². The van der Waals surface area contributed by atoms with Crippen LogP contribution in [0.25, 0.3) is 0 Å². The molecule has 0 radical (unpaired) electrons. The molecule has 0 aliphatic heterocycles. The van der Waals surface area contributed by atoms with E-state index in [-0.39, 0.29) is 12.3 Å². The Morgan fingerprint density at radius 2 is 1.74 bits per heavy atom. The normalized spacial score (nSPS) is 12.6. The number of carbonyl (C=O) groups is 2. The summed E-state index contributed by atoms with van der Waals surface area (Å²) in [5, 5.41) is 2.86. The smallest absolute Gasteiger partial charge is 0.307 e. The highest BCUT2D eigenvalue weighted by molar-refractivity contribution is 9.10. The number of nitrogens with one attached hydrogen (secondary N) is 1. The predicted molar refractivity (Wildman–Crippen MR) is 105 cm³/mol. The molecule has 0 aliphatic carbocycles. The first-order valence-corrected chi connectivity index (χ1v) is 9.15. The van der Waals surface area contributed by atoms with Crippen molar-refractivity contribution in [2.24, 2.45) is 0 Å². The highest BCUT2D eigenvalue weighted by Gasteiger charge is 2.23. The fraction of sp³-hybridized carbons (Fsp3) is 0.300. The topological polar surface area (TPSA) is 73.9 Å². The number of hydrogen-bond donors (Lipinski definition) is 1. The molecule has 27 heavy (non-hydrogen) atoms. The summed E-state index contributed by atoms with van der Waals surface area (Å²) >= 11 is 3.40. The molecule has 1 N–H and O–H groups in total. The molecule has 6 nitrogen and oxygen atoms in total. The summed E-state index contributed by atoms with van der Waals surface area (Å²) in [4.78, 5) is 24.3. The van der Waals surface area contributed by atoms with Gasteiger partial charge in [0, 0.05) is 4.47 Å². The maximum Gasteiger partial charge on any atom is 0.307 e. The summed E-state index contributed by atoms with van der Waals surface area (Å²) in [6, 6.07) is 13.8. The molecule has 2 atom stereocenters. The predicted octanol–water partition coefficient (Wildman–Crippen LogP) is 3.65. The van der Waals surface area contributed by atoms with Gasteiger partial charge in [0.25, 0.3) is 5.91 Å². The Morgan fingerprint density at radius 1 is 1.07 bits per heavy atom. The third-order valence-corrected chi connectivity index (χ3v) is 4.40. The molecular weight excluding hydrogens is 414 g/mol. The van der Waals surface area contributed by atoms with Gasteiger partial charge in [0.05, 0.1) is 26.7 Å². The van der Waals surface area contributed by atoms with E-state index in [9.17, 15) is 9.59 Å². The maximum absolute atomic E-state index is 12.6. The van der Waals surface area contributed by atoms with Crippen LogP contribution in [0.3, 0.4) is 0 Å². The van der Waals surface area contributed by atoms with Gasteiger partial charge in [-0.15, -0.1) is 0 Å². The third-order valence-electron chi connectivity index (χ3n) is 3.91. The summed E-state index contributed by atoms with van der Waals surface area (Å²) in [7, 11) is 2.90. The molecule has 0 saturated carbocycles. The van der Waals surface area contributed by atoms with E-state index in [2.05, 4.69) is 21.2 Å². The van der Waals surface area contributed by atoms with Crippen LogP contribution in [0.1, 0.15) is 24.9 Å². The summed E-state index contributed by atoms with van der Waals surface area (Å²) in [5.41, 5.74) is 0.791. The van der Waals surface area contributed by atoms with Crippen LogP contribution in [-0.4, -0.2) is 32.2 Å². The highest BCUT2D eigenvalue weighted by Crippen LogP contribution is 2.22. The Bertz CT molecular complexity index is 778. The van der Waals surface area contributed by atoms with E-state index >= 15 is 0 Å². The highest BCUT2D eigenvalue weighted by atomic mass is 79.9. The summed E-state index contributed by atoms with van der Waals surface area (Å²) < 4.78 is 16.4. The van der Waals surface area contributed by atoms with Gasteiger partial charge < -0.3 is 19.5 Å². The minimum Gasteiger partial charge on any atom is -0.497 e. The molecule has 0 aliphatic rings. The van der Waals surface area contributed by atoms with E-state index in [1.54, 1.807) is 38.3 Å². The van der Waals surface area contributed by atoms with Crippen molar-refractivity contribution in [1.82, 2.24) is 5.32 Å². The van der Waals surface area contributed by atoms with Gasteiger partial charge >= 0.3 is 5.97 Å². The van der Waals surface area contributed by atoms with E-state index in [0.717, 1.165) is 10.0 Å². The molecule has 144 valence electrons. The zero-order chi connectivity index (χ0) is 19.8. The van der Waals surface area contributed by atoms with Crippen molar-refractivity contribution in [3.63, 3.8) is 0 Å². The van der Waals surface area contributed by atoms with Gasteiger partial charge in [-0.05, 0) is 48.9 Å². The Morgan fingerprint density at radius 3 is 2.33 bits per heavy atom. The summed E-state index contributed by atoms with van der Waals surface area (Å²) in [5.74, 6) is 0.501. The van der Waals surface area contributed by atoms with Gasteiger partial charge in [-0.25, -0.2) is 0 Å². The van der Waals surface area contributed by atoms with Gasteiger partial charge in [0.2, 0.25) is 0 Å². The van der Waals surface area contributed by atoms with Crippen LogP contribution < -0.4 is 14.8 Å². The van der Waals surface area contributed by atoms with Crippen LogP contribution in [0.4, 0.5) is 0 Å². The first kappa shape index (κ1) is 20.8. The zero-order valence-corrected chi connectivity index (χ0v) is 17.0. The molecule has 0 aromatic heterocycles. The number of carbonyl (C=O) groups excluding carboxylic acids is 2. The lowest BCUT2D eigenvalue weighted by atomic mass is 10.0. The Hall–Kier alpha value is -2.54. The molecule has 7 heteroatoms. The molecule has 2 aromatic carbocycles. The second-order valence-corrected chi connectivity index (χ2v) is 6.75. The number of rotatable bonds is 8. The van der Waals surface area contributed by atoms with Crippen molar-refractivity contribution in [3.05, 3.63) is 58.6 Å². The van der Waals surface area contributed by atoms with Crippen molar-refractivity contribution in [2.45, 2.75) is 25.5 Å². The second kappa shape index (κ2) is 9.97. The fourth-order valence-corrected chi connectivity index (χ4v) is 2.84. The number of amides is 1. The minimum atomic E-state index is -0.745. The van der Waals surface area contributed by atoms with Gasteiger partial charge in [-0.1, -0.05) is 28.1 Å². The molecule has 2 aromatic rings. The number of hydrogen-bond acceptors (Lipinski definition) is 5. The fourth-order valence-electron chi connectivity index (χ4n) is 2.43. The van der Waals surface area contributed by atoms with Crippen LogP contribution in [0.2, 0.25) is 0 Å². The monoisotopic (exact) mass is 435 g/mol. The van der Waals surface area contributed by atoms with Crippen LogP contribution >= 0.6 is 15.9 Å². The summed E-state index contributed by atoms with van der Waals surface area (Å²) in [6.07, 6.45) is -0.723. The largest absolute Gasteiger partial charge is 0.497 e. The number of esters is 1. The number of halogens is 1. The first-order valence-electron chi connectivity index (χ1n) is 8.36. The lowest BCUT2D eigenvalue weighted by Crippen LogP contribution is -2.39. The lowest BCUT2D eigenvalue weighted by Gasteiger charge is -2.21. The van der Waals surface area contributed by atoms with Crippen molar-refractivity contribution in [3.8, 4) is 11.5 Å². The average Bonchev–Trinajstić information content (AvgIpc) is 2.67. The molecule has 2 unspecified atom stereocenters. The quantitative estimate of drug-likeness (QED) is 0.640. The summed E-state index contributed by atoms with van der Waals surface area (Å²) in [6.45, 7) is 1.65.